The molecule has 0 aliphatic rings. The zero-order valence-electron chi connectivity index (χ0n) is 9.66. The Bertz CT molecular complexity index is 542. The summed E-state index contributed by atoms with van der Waals surface area (Å²) in [7, 11) is 1.44. The highest BCUT2D eigenvalue weighted by Gasteiger charge is 2.13. The Morgan fingerprint density at radius 2 is 1.72 bits per heavy atom. The van der Waals surface area contributed by atoms with Crippen LogP contribution < -0.4 is 4.74 Å². The van der Waals surface area contributed by atoms with Gasteiger partial charge in [0.1, 0.15) is 0 Å². The van der Waals surface area contributed by atoms with Gasteiger partial charge in [-0.2, -0.15) is 0 Å². The molecule has 1 unspecified atom stereocenters. The second kappa shape index (κ2) is 5.72. The van der Waals surface area contributed by atoms with Crippen molar-refractivity contribution < 1.29 is 9.13 Å². The summed E-state index contributed by atoms with van der Waals surface area (Å²) >= 11 is 9.74. The fourth-order valence-corrected chi connectivity index (χ4v) is 2.20. The second-order valence-corrected chi connectivity index (χ2v) is 5.16. The Labute approximate surface area is 119 Å². The summed E-state index contributed by atoms with van der Waals surface area (Å²) in [5, 5.41) is -0.326. The normalized spacial score (nSPS) is 12.2. The minimum Gasteiger partial charge on any atom is -0.494 e. The number of methoxy groups -OCH3 is 1. The molecule has 1 nitrogen and oxygen atoms in total. The summed E-state index contributed by atoms with van der Waals surface area (Å²) in [6, 6.07) is 12.3. The van der Waals surface area contributed by atoms with Crippen LogP contribution in [0.3, 0.4) is 0 Å². The first-order valence-corrected chi connectivity index (χ1v) is 6.57. The molecule has 94 valence electrons. The van der Waals surface area contributed by atoms with E-state index in [-0.39, 0.29) is 16.9 Å². The van der Waals surface area contributed by atoms with E-state index in [0.717, 1.165) is 15.6 Å². The van der Waals surface area contributed by atoms with Gasteiger partial charge in [0.15, 0.2) is 11.6 Å². The summed E-state index contributed by atoms with van der Waals surface area (Å²) in [5.41, 5.74) is 1.76. The van der Waals surface area contributed by atoms with Gasteiger partial charge in [-0.25, -0.2) is 4.39 Å². The van der Waals surface area contributed by atoms with Crippen LogP contribution in [0.5, 0.6) is 5.75 Å². The lowest BCUT2D eigenvalue weighted by Crippen LogP contribution is -1.96. The van der Waals surface area contributed by atoms with Crippen molar-refractivity contribution in [3.63, 3.8) is 0 Å². The van der Waals surface area contributed by atoms with Gasteiger partial charge in [0, 0.05) is 4.47 Å². The molecule has 0 bridgehead atoms. The van der Waals surface area contributed by atoms with E-state index in [0.29, 0.717) is 0 Å². The number of benzene rings is 2. The second-order valence-electron chi connectivity index (χ2n) is 3.81. The molecule has 0 saturated carbocycles. The van der Waals surface area contributed by atoms with Gasteiger partial charge in [-0.15, -0.1) is 11.6 Å². The number of ether oxygens (including phenoxy) is 1. The summed E-state index contributed by atoms with van der Waals surface area (Å²) in [6.07, 6.45) is 0. The highest BCUT2D eigenvalue weighted by molar-refractivity contribution is 9.10. The topological polar surface area (TPSA) is 9.23 Å². The molecule has 2 rings (SSSR count). The highest BCUT2D eigenvalue weighted by atomic mass is 79.9. The molecular weight excluding hydrogens is 319 g/mol. The molecular formula is C14H11BrClFO. The Morgan fingerprint density at radius 1 is 1.11 bits per heavy atom. The van der Waals surface area contributed by atoms with E-state index in [2.05, 4.69) is 15.9 Å². The molecule has 0 fully saturated rings. The molecule has 0 spiro atoms. The molecule has 2 aromatic rings. The third kappa shape index (κ3) is 2.85. The maximum Gasteiger partial charge on any atom is 0.165 e. The molecule has 18 heavy (non-hydrogen) atoms. The van der Waals surface area contributed by atoms with Crippen molar-refractivity contribution in [2.24, 2.45) is 0 Å². The largest absolute Gasteiger partial charge is 0.494 e. The standard InChI is InChI=1S/C14H11BrClFO/c1-18-13-8-10(4-7-12(13)17)14(16)9-2-5-11(15)6-3-9/h2-8,14H,1H3. The van der Waals surface area contributed by atoms with Gasteiger partial charge in [-0.05, 0) is 35.4 Å². The van der Waals surface area contributed by atoms with Crippen molar-refractivity contribution in [2.45, 2.75) is 5.38 Å². The van der Waals surface area contributed by atoms with Crippen LogP contribution in [-0.4, -0.2) is 7.11 Å². The summed E-state index contributed by atoms with van der Waals surface area (Å²) < 4.78 is 19.3. The lowest BCUT2D eigenvalue weighted by Gasteiger charge is -2.12. The maximum atomic E-state index is 13.3. The van der Waals surface area contributed by atoms with Gasteiger partial charge >= 0.3 is 0 Å². The Morgan fingerprint density at radius 3 is 2.33 bits per heavy atom. The zero-order chi connectivity index (χ0) is 13.1. The summed E-state index contributed by atoms with van der Waals surface area (Å²) in [4.78, 5) is 0. The third-order valence-electron chi connectivity index (χ3n) is 2.63. The molecule has 0 N–H and O–H groups in total. The lowest BCUT2D eigenvalue weighted by molar-refractivity contribution is 0.386. The first-order valence-electron chi connectivity index (χ1n) is 5.35. The highest BCUT2D eigenvalue weighted by Crippen LogP contribution is 2.32. The van der Waals surface area contributed by atoms with Crippen molar-refractivity contribution in [1.29, 1.82) is 0 Å². The molecule has 0 aliphatic heterocycles. The average molecular weight is 330 g/mol. The van der Waals surface area contributed by atoms with E-state index in [4.69, 9.17) is 16.3 Å². The molecule has 1 atom stereocenters. The van der Waals surface area contributed by atoms with Crippen molar-refractivity contribution in [1.82, 2.24) is 0 Å². The van der Waals surface area contributed by atoms with Crippen LogP contribution in [0.15, 0.2) is 46.9 Å². The van der Waals surface area contributed by atoms with Crippen molar-refractivity contribution in [3.8, 4) is 5.75 Å². The van der Waals surface area contributed by atoms with E-state index in [1.165, 1.54) is 13.2 Å². The Balaban J connectivity index is 2.33. The molecule has 0 aromatic heterocycles. The fraction of sp³-hybridized carbons (Fsp3) is 0.143. The van der Waals surface area contributed by atoms with E-state index in [9.17, 15) is 4.39 Å². The lowest BCUT2D eigenvalue weighted by atomic mass is 10.0. The Kier molecular flexibility index (Phi) is 4.25. The summed E-state index contributed by atoms with van der Waals surface area (Å²) in [5.74, 6) is -0.184. The van der Waals surface area contributed by atoms with Crippen molar-refractivity contribution in [2.75, 3.05) is 7.11 Å². The van der Waals surface area contributed by atoms with E-state index in [1.807, 2.05) is 24.3 Å². The number of halogens is 3. The van der Waals surface area contributed by atoms with Gasteiger partial charge < -0.3 is 4.74 Å². The predicted octanol–water partition coefficient (Wildman–Crippen LogP) is 4.93. The third-order valence-corrected chi connectivity index (χ3v) is 3.66. The van der Waals surface area contributed by atoms with Crippen LogP contribution in [-0.2, 0) is 0 Å². The smallest absolute Gasteiger partial charge is 0.165 e. The van der Waals surface area contributed by atoms with Crippen molar-refractivity contribution >= 4 is 27.5 Å². The van der Waals surface area contributed by atoms with Gasteiger partial charge in [0.25, 0.3) is 0 Å². The molecule has 0 amide bonds. The molecule has 2 aromatic carbocycles. The number of alkyl halides is 1. The van der Waals surface area contributed by atoms with Crippen LogP contribution in [0, 0.1) is 5.82 Å². The average Bonchev–Trinajstić information content (AvgIpc) is 2.39. The molecule has 0 saturated heterocycles. The zero-order valence-corrected chi connectivity index (χ0v) is 12.0. The minimum absolute atomic E-state index is 0.204. The van der Waals surface area contributed by atoms with Gasteiger partial charge in [-0.3, -0.25) is 0 Å². The maximum absolute atomic E-state index is 13.3. The predicted molar refractivity (Wildman–Crippen MR) is 74.8 cm³/mol. The molecule has 0 aliphatic carbocycles. The van der Waals surface area contributed by atoms with Gasteiger partial charge in [-0.1, -0.05) is 34.1 Å². The molecule has 0 heterocycles. The van der Waals surface area contributed by atoms with Crippen LogP contribution in [0.25, 0.3) is 0 Å². The Hall–Kier alpha value is -1.06. The fourth-order valence-electron chi connectivity index (χ4n) is 1.66. The SMILES string of the molecule is COc1cc(C(Cl)c2ccc(Br)cc2)ccc1F. The van der Waals surface area contributed by atoms with Gasteiger partial charge in [0.2, 0.25) is 0 Å². The molecule has 0 radical (unpaired) electrons. The minimum atomic E-state index is -0.388. The van der Waals surface area contributed by atoms with Crippen molar-refractivity contribution in [3.05, 3.63) is 63.9 Å². The van der Waals surface area contributed by atoms with E-state index >= 15 is 0 Å². The summed E-state index contributed by atoms with van der Waals surface area (Å²) in [6.45, 7) is 0. The quantitative estimate of drug-likeness (QED) is 0.726. The molecule has 4 heteroatoms. The van der Waals surface area contributed by atoms with Crippen LogP contribution in [0.2, 0.25) is 0 Å². The monoisotopic (exact) mass is 328 g/mol. The first-order chi connectivity index (χ1) is 8.61. The van der Waals surface area contributed by atoms with Crippen LogP contribution >= 0.6 is 27.5 Å². The number of rotatable bonds is 3. The van der Waals surface area contributed by atoms with Gasteiger partial charge in [0.05, 0.1) is 12.5 Å². The first kappa shape index (κ1) is 13.4. The van der Waals surface area contributed by atoms with E-state index < -0.39 is 0 Å². The van der Waals surface area contributed by atoms with Crippen LogP contribution in [0.1, 0.15) is 16.5 Å². The van der Waals surface area contributed by atoms with Crippen LogP contribution in [0.4, 0.5) is 4.39 Å². The number of hydrogen-bond donors (Lipinski definition) is 0. The van der Waals surface area contributed by atoms with E-state index in [1.54, 1.807) is 12.1 Å². The number of hydrogen-bond acceptors (Lipinski definition) is 1.